The van der Waals surface area contributed by atoms with E-state index in [1.54, 1.807) is 43.5 Å². The van der Waals surface area contributed by atoms with Crippen molar-refractivity contribution in [1.82, 2.24) is 10.3 Å². The molecule has 2 aromatic carbocycles. The largest absolute Gasteiger partial charge is 0.350 e. The lowest BCUT2D eigenvalue weighted by Crippen LogP contribution is -2.30. The van der Waals surface area contributed by atoms with Crippen LogP contribution in [0.2, 0.25) is 0 Å². The first kappa shape index (κ1) is 23.8. The Kier molecular flexibility index (Phi) is 7.26. The lowest BCUT2D eigenvalue weighted by Gasteiger charge is -2.13. The molecule has 3 aromatic rings. The molecule has 0 bridgehead atoms. The average Bonchev–Trinajstić information content (AvgIpc) is 2.72. The molecular weight excluding hydrogens is 442 g/mol. The fraction of sp³-hybridized carbons (Fsp3) is 0.250. The first-order chi connectivity index (χ1) is 15.0. The van der Waals surface area contributed by atoms with Crippen LogP contribution in [0.15, 0.2) is 69.5 Å². The number of carbonyl (C=O) groups is 1. The summed E-state index contributed by atoms with van der Waals surface area (Å²) in [6.45, 7) is 9.47. The van der Waals surface area contributed by atoms with Gasteiger partial charge in [-0.2, -0.15) is 0 Å². The number of nitrogens with zero attached hydrogens (tertiary/aromatic N) is 1. The van der Waals surface area contributed by atoms with Crippen LogP contribution in [0.3, 0.4) is 0 Å². The lowest BCUT2D eigenvalue weighted by atomic mass is 10.1. The van der Waals surface area contributed by atoms with E-state index in [9.17, 15) is 13.2 Å². The van der Waals surface area contributed by atoms with Crippen molar-refractivity contribution in [3.8, 4) is 0 Å². The Bertz CT molecular complexity index is 1220. The molecule has 0 saturated carbocycles. The molecule has 0 unspecified atom stereocenters. The van der Waals surface area contributed by atoms with Crippen LogP contribution in [0.4, 0.5) is 5.69 Å². The van der Waals surface area contributed by atoms with Crippen molar-refractivity contribution in [2.75, 3.05) is 4.72 Å². The Morgan fingerprint density at radius 2 is 1.59 bits per heavy atom. The first-order valence-corrected chi connectivity index (χ1v) is 12.5. The van der Waals surface area contributed by atoms with E-state index < -0.39 is 10.0 Å². The highest BCUT2D eigenvalue weighted by Crippen LogP contribution is 2.28. The second-order valence-electron chi connectivity index (χ2n) is 7.95. The van der Waals surface area contributed by atoms with Gasteiger partial charge in [0.2, 0.25) is 0 Å². The van der Waals surface area contributed by atoms with Crippen LogP contribution in [-0.2, 0) is 10.0 Å². The summed E-state index contributed by atoms with van der Waals surface area (Å²) in [4.78, 5) is 17.5. The van der Waals surface area contributed by atoms with Crippen LogP contribution < -0.4 is 10.0 Å². The van der Waals surface area contributed by atoms with E-state index in [2.05, 4.69) is 15.0 Å². The van der Waals surface area contributed by atoms with Gasteiger partial charge in [-0.1, -0.05) is 17.8 Å². The molecule has 1 amide bonds. The number of carbonyl (C=O) groups excluding carboxylic acids is 1. The third kappa shape index (κ3) is 5.89. The number of aryl methyl sites for hydroxylation is 3. The maximum absolute atomic E-state index is 12.9. The molecule has 0 fully saturated rings. The number of pyridine rings is 1. The number of benzene rings is 2. The maximum Gasteiger partial charge on any atom is 0.262 e. The number of aromatic nitrogens is 1. The zero-order chi connectivity index (χ0) is 23.5. The van der Waals surface area contributed by atoms with Gasteiger partial charge in [0, 0.05) is 22.8 Å². The van der Waals surface area contributed by atoms with E-state index in [1.807, 2.05) is 45.9 Å². The number of hydrogen-bond donors (Lipinski definition) is 2. The summed E-state index contributed by atoms with van der Waals surface area (Å²) >= 11 is 1.43. The Morgan fingerprint density at radius 3 is 2.19 bits per heavy atom. The van der Waals surface area contributed by atoms with Gasteiger partial charge in [-0.3, -0.25) is 9.52 Å². The number of anilines is 1. The summed E-state index contributed by atoms with van der Waals surface area (Å²) in [6, 6.07) is 14.3. The summed E-state index contributed by atoms with van der Waals surface area (Å²) < 4.78 is 28.4. The predicted octanol–water partition coefficient (Wildman–Crippen LogP) is 5.10. The molecule has 0 spiro atoms. The molecule has 0 saturated heterocycles. The van der Waals surface area contributed by atoms with E-state index in [1.165, 1.54) is 11.8 Å². The van der Waals surface area contributed by atoms with Gasteiger partial charge in [0.25, 0.3) is 15.9 Å². The minimum absolute atomic E-state index is 0.0615. The van der Waals surface area contributed by atoms with Crippen LogP contribution in [0.5, 0.6) is 0 Å². The molecule has 2 N–H and O–H groups in total. The molecule has 32 heavy (non-hydrogen) atoms. The van der Waals surface area contributed by atoms with Crippen LogP contribution >= 0.6 is 11.8 Å². The van der Waals surface area contributed by atoms with Crippen LogP contribution in [0.25, 0.3) is 0 Å². The minimum atomic E-state index is -3.68. The van der Waals surface area contributed by atoms with Gasteiger partial charge in [-0.05, 0) is 93.8 Å². The van der Waals surface area contributed by atoms with Gasteiger partial charge in [-0.15, -0.1) is 0 Å². The Labute approximate surface area is 193 Å². The van der Waals surface area contributed by atoms with E-state index in [0.29, 0.717) is 16.8 Å². The third-order valence-corrected chi connectivity index (χ3v) is 7.31. The summed E-state index contributed by atoms with van der Waals surface area (Å²) in [5.74, 6) is -0.153. The molecule has 1 heterocycles. The zero-order valence-electron chi connectivity index (χ0n) is 18.8. The molecule has 8 heteroatoms. The highest BCUT2D eigenvalue weighted by atomic mass is 32.2. The van der Waals surface area contributed by atoms with Crippen molar-refractivity contribution in [1.29, 1.82) is 0 Å². The van der Waals surface area contributed by atoms with E-state index in [0.717, 1.165) is 21.0 Å². The van der Waals surface area contributed by atoms with Crippen LogP contribution in [-0.4, -0.2) is 25.4 Å². The molecule has 0 aliphatic rings. The molecule has 0 aliphatic carbocycles. The minimum Gasteiger partial charge on any atom is -0.350 e. The predicted molar refractivity (Wildman–Crippen MR) is 129 cm³/mol. The molecule has 3 rings (SSSR count). The Hall–Kier alpha value is -2.84. The quantitative estimate of drug-likeness (QED) is 0.503. The monoisotopic (exact) mass is 469 g/mol. The molecule has 1 aromatic heterocycles. The van der Waals surface area contributed by atoms with Gasteiger partial charge in [-0.25, -0.2) is 13.4 Å². The molecule has 0 radical (unpaired) electrons. The van der Waals surface area contributed by atoms with E-state index in [4.69, 9.17) is 0 Å². The van der Waals surface area contributed by atoms with Crippen molar-refractivity contribution in [3.63, 3.8) is 0 Å². The Balaban J connectivity index is 1.69. The van der Waals surface area contributed by atoms with E-state index in [-0.39, 0.29) is 16.8 Å². The van der Waals surface area contributed by atoms with E-state index >= 15 is 0 Å². The van der Waals surface area contributed by atoms with Gasteiger partial charge >= 0.3 is 0 Å². The lowest BCUT2D eigenvalue weighted by molar-refractivity contribution is 0.0942. The highest BCUT2D eigenvalue weighted by molar-refractivity contribution is 7.99. The van der Waals surface area contributed by atoms with Crippen molar-refractivity contribution in [2.45, 2.75) is 55.5 Å². The number of sulfonamides is 1. The number of nitrogens with one attached hydrogen (secondary N) is 2. The van der Waals surface area contributed by atoms with Gasteiger partial charge in [0.15, 0.2) is 0 Å². The second kappa shape index (κ2) is 9.75. The topological polar surface area (TPSA) is 88.2 Å². The van der Waals surface area contributed by atoms with Gasteiger partial charge < -0.3 is 5.32 Å². The van der Waals surface area contributed by atoms with Crippen molar-refractivity contribution in [2.24, 2.45) is 0 Å². The SMILES string of the molecule is Cc1cc(C)c(S(=O)(=O)Nc2ccc(Sc3ccc(C(=O)NC(C)C)cn3)cc2)cc1C. The van der Waals surface area contributed by atoms with Crippen molar-refractivity contribution in [3.05, 3.63) is 77.0 Å². The first-order valence-electron chi connectivity index (χ1n) is 10.2. The van der Waals surface area contributed by atoms with Crippen molar-refractivity contribution >= 4 is 33.4 Å². The normalized spacial score (nSPS) is 11.4. The molecule has 168 valence electrons. The standard InChI is InChI=1S/C24H27N3O3S2/c1-15(2)26-24(28)19-6-11-23(25-14-19)31-21-9-7-20(8-10-21)27-32(29,30)22-13-17(4)16(3)12-18(22)5/h6-15,27H,1-5H3,(H,26,28). The fourth-order valence-electron chi connectivity index (χ4n) is 3.07. The summed E-state index contributed by atoms with van der Waals surface area (Å²) in [5.41, 5.74) is 3.70. The smallest absolute Gasteiger partial charge is 0.262 e. The fourth-order valence-corrected chi connectivity index (χ4v) is 5.19. The number of hydrogen-bond acceptors (Lipinski definition) is 5. The molecule has 0 atom stereocenters. The average molecular weight is 470 g/mol. The summed E-state index contributed by atoms with van der Waals surface area (Å²) in [6.07, 6.45) is 1.55. The van der Waals surface area contributed by atoms with Crippen LogP contribution in [0, 0.1) is 20.8 Å². The van der Waals surface area contributed by atoms with Gasteiger partial charge in [0.05, 0.1) is 10.5 Å². The summed E-state index contributed by atoms with van der Waals surface area (Å²) in [7, 11) is -3.68. The Morgan fingerprint density at radius 1 is 0.938 bits per heavy atom. The molecular formula is C24H27N3O3S2. The maximum atomic E-state index is 12.9. The third-order valence-electron chi connectivity index (χ3n) is 4.83. The van der Waals surface area contributed by atoms with Gasteiger partial charge in [0.1, 0.15) is 5.03 Å². The molecule has 0 aliphatic heterocycles. The highest BCUT2D eigenvalue weighted by Gasteiger charge is 2.18. The van der Waals surface area contributed by atoms with Crippen LogP contribution in [0.1, 0.15) is 40.9 Å². The molecule has 6 nitrogen and oxygen atoms in total. The summed E-state index contributed by atoms with van der Waals surface area (Å²) in [5, 5.41) is 3.57. The second-order valence-corrected chi connectivity index (χ2v) is 10.7. The number of rotatable bonds is 7. The van der Waals surface area contributed by atoms with Crippen molar-refractivity contribution < 1.29 is 13.2 Å². The number of amides is 1. The zero-order valence-corrected chi connectivity index (χ0v) is 20.4.